The van der Waals surface area contributed by atoms with Crippen LogP contribution in [0.25, 0.3) is 0 Å². The van der Waals surface area contributed by atoms with Crippen LogP contribution < -0.4 is 14.8 Å². The Hall–Kier alpha value is -2.56. The predicted molar refractivity (Wildman–Crippen MR) is 107 cm³/mol. The van der Waals surface area contributed by atoms with Crippen molar-refractivity contribution in [3.05, 3.63) is 59.4 Å². The molecule has 2 aromatic carbocycles. The third-order valence-electron chi connectivity index (χ3n) is 5.72. The van der Waals surface area contributed by atoms with Crippen LogP contribution in [0.2, 0.25) is 0 Å². The van der Waals surface area contributed by atoms with E-state index in [0.29, 0.717) is 19.4 Å². The van der Waals surface area contributed by atoms with Crippen LogP contribution in [0.1, 0.15) is 43.2 Å². The van der Waals surface area contributed by atoms with E-state index in [1.807, 2.05) is 18.2 Å². The van der Waals surface area contributed by atoms with Gasteiger partial charge in [-0.05, 0) is 43.0 Å². The number of nitrogens with one attached hydrogen (secondary N) is 1. The molecule has 0 spiro atoms. The van der Waals surface area contributed by atoms with Crippen molar-refractivity contribution in [3.63, 3.8) is 0 Å². The number of hydrogen-bond acceptors (Lipinski definition) is 3. The van der Waals surface area contributed by atoms with E-state index in [1.54, 1.807) is 19.2 Å². The maximum atomic E-state index is 13.8. The molecule has 1 aliphatic rings. The number of halogens is 1. The van der Waals surface area contributed by atoms with Crippen molar-refractivity contribution in [2.75, 3.05) is 20.8 Å². The van der Waals surface area contributed by atoms with Crippen molar-refractivity contribution < 1.29 is 18.7 Å². The van der Waals surface area contributed by atoms with Gasteiger partial charge in [-0.1, -0.05) is 37.1 Å². The van der Waals surface area contributed by atoms with E-state index in [9.17, 15) is 9.18 Å². The van der Waals surface area contributed by atoms with Gasteiger partial charge in [0.2, 0.25) is 5.91 Å². The van der Waals surface area contributed by atoms with Gasteiger partial charge in [-0.2, -0.15) is 0 Å². The smallest absolute Gasteiger partial charge is 0.220 e. The molecule has 0 heterocycles. The maximum absolute atomic E-state index is 13.8. The first-order valence-electron chi connectivity index (χ1n) is 9.80. The van der Waals surface area contributed by atoms with Gasteiger partial charge in [0.15, 0.2) is 11.6 Å². The lowest BCUT2D eigenvalue weighted by molar-refractivity contribution is -0.121. The molecular weight excluding hydrogens is 357 g/mol. The van der Waals surface area contributed by atoms with Gasteiger partial charge < -0.3 is 14.8 Å². The highest BCUT2D eigenvalue weighted by atomic mass is 19.1. The molecule has 0 atom stereocenters. The third kappa shape index (κ3) is 4.46. The molecule has 0 aliphatic heterocycles. The lowest BCUT2D eigenvalue weighted by Crippen LogP contribution is -2.39. The molecule has 1 amide bonds. The average molecular weight is 385 g/mol. The Morgan fingerprint density at radius 3 is 2.46 bits per heavy atom. The highest BCUT2D eigenvalue weighted by molar-refractivity contribution is 5.76. The van der Waals surface area contributed by atoms with E-state index < -0.39 is 5.82 Å². The van der Waals surface area contributed by atoms with Crippen LogP contribution in [0.5, 0.6) is 11.5 Å². The first-order chi connectivity index (χ1) is 13.6. The fourth-order valence-electron chi connectivity index (χ4n) is 4.16. The molecule has 28 heavy (non-hydrogen) atoms. The first-order valence-corrected chi connectivity index (χ1v) is 9.80. The van der Waals surface area contributed by atoms with Crippen LogP contribution >= 0.6 is 0 Å². The first kappa shape index (κ1) is 20.2. The SMILES string of the molecule is COc1ccc(CCC(=O)NCC2(c3ccccc3OC)CCCC2)cc1F. The highest BCUT2D eigenvalue weighted by Crippen LogP contribution is 2.44. The molecule has 0 unspecified atom stereocenters. The second kappa shape index (κ2) is 9.09. The number of ether oxygens (including phenoxy) is 2. The monoisotopic (exact) mass is 385 g/mol. The zero-order valence-corrected chi connectivity index (χ0v) is 16.6. The quantitative estimate of drug-likeness (QED) is 0.732. The lowest BCUT2D eigenvalue weighted by Gasteiger charge is -2.31. The molecule has 3 rings (SSSR count). The number of carbonyl (C=O) groups excluding carboxylic acids is 1. The van der Waals surface area contributed by atoms with Gasteiger partial charge in [-0.15, -0.1) is 0 Å². The van der Waals surface area contributed by atoms with Crippen LogP contribution in [0.15, 0.2) is 42.5 Å². The molecule has 1 fully saturated rings. The van der Waals surface area contributed by atoms with E-state index in [2.05, 4.69) is 11.4 Å². The van der Waals surface area contributed by atoms with Crippen LogP contribution in [0.3, 0.4) is 0 Å². The second-order valence-corrected chi connectivity index (χ2v) is 7.43. The minimum absolute atomic E-state index is 0.0163. The Balaban J connectivity index is 1.61. The van der Waals surface area contributed by atoms with Gasteiger partial charge in [-0.25, -0.2) is 4.39 Å². The third-order valence-corrected chi connectivity index (χ3v) is 5.72. The topological polar surface area (TPSA) is 47.6 Å². The molecule has 0 radical (unpaired) electrons. The van der Waals surface area contributed by atoms with E-state index in [-0.39, 0.29) is 17.1 Å². The molecule has 1 N–H and O–H groups in total. The standard InChI is InChI=1S/C23H28FNO3/c1-27-20-8-4-3-7-18(20)23(13-5-6-14-23)16-25-22(26)12-10-17-9-11-21(28-2)19(24)15-17/h3-4,7-9,11,15H,5-6,10,12-14,16H2,1-2H3,(H,25,26). The van der Waals surface area contributed by atoms with Gasteiger partial charge in [0.1, 0.15) is 5.75 Å². The predicted octanol–water partition coefficient (Wildman–Crippen LogP) is 4.40. The molecule has 0 aromatic heterocycles. The Kier molecular flexibility index (Phi) is 6.55. The summed E-state index contributed by atoms with van der Waals surface area (Å²) in [6.07, 6.45) is 5.20. The summed E-state index contributed by atoms with van der Waals surface area (Å²) >= 11 is 0. The number of para-hydroxylation sites is 1. The number of rotatable bonds is 8. The summed E-state index contributed by atoms with van der Waals surface area (Å²) in [7, 11) is 3.13. The minimum Gasteiger partial charge on any atom is -0.496 e. The molecular formula is C23H28FNO3. The second-order valence-electron chi connectivity index (χ2n) is 7.43. The average Bonchev–Trinajstić information content (AvgIpc) is 3.21. The minimum atomic E-state index is -0.401. The number of amides is 1. The maximum Gasteiger partial charge on any atom is 0.220 e. The van der Waals surface area contributed by atoms with Gasteiger partial charge in [0.25, 0.3) is 0 Å². The summed E-state index contributed by atoms with van der Waals surface area (Å²) in [4.78, 5) is 12.4. The molecule has 0 bridgehead atoms. The van der Waals surface area contributed by atoms with Crippen molar-refractivity contribution >= 4 is 5.91 Å². The molecule has 2 aromatic rings. The normalized spacial score (nSPS) is 15.2. The summed E-state index contributed by atoms with van der Waals surface area (Å²) in [6, 6.07) is 12.9. The van der Waals surface area contributed by atoms with Crippen LogP contribution in [0.4, 0.5) is 4.39 Å². The Morgan fingerprint density at radius 2 is 1.79 bits per heavy atom. The van der Waals surface area contributed by atoms with Crippen LogP contribution in [0, 0.1) is 5.82 Å². The van der Waals surface area contributed by atoms with Gasteiger partial charge in [-0.3, -0.25) is 4.79 Å². The summed E-state index contributed by atoms with van der Waals surface area (Å²) in [6.45, 7) is 0.600. The number of hydrogen-bond donors (Lipinski definition) is 1. The molecule has 150 valence electrons. The number of carbonyl (C=O) groups is 1. The lowest BCUT2D eigenvalue weighted by atomic mass is 9.78. The molecule has 1 aliphatic carbocycles. The number of aryl methyl sites for hydroxylation is 1. The fourth-order valence-corrected chi connectivity index (χ4v) is 4.16. The molecule has 4 nitrogen and oxygen atoms in total. The largest absolute Gasteiger partial charge is 0.496 e. The highest BCUT2D eigenvalue weighted by Gasteiger charge is 2.37. The van der Waals surface area contributed by atoms with Crippen molar-refractivity contribution in [1.29, 1.82) is 0 Å². The van der Waals surface area contributed by atoms with E-state index in [0.717, 1.165) is 37.0 Å². The molecule has 1 saturated carbocycles. The van der Waals surface area contributed by atoms with Crippen molar-refractivity contribution in [3.8, 4) is 11.5 Å². The number of benzene rings is 2. The summed E-state index contributed by atoms with van der Waals surface area (Å²) in [5.74, 6) is 0.680. The summed E-state index contributed by atoms with van der Waals surface area (Å²) in [5, 5.41) is 3.11. The zero-order chi connectivity index (χ0) is 20.0. The van der Waals surface area contributed by atoms with Gasteiger partial charge in [0.05, 0.1) is 14.2 Å². The zero-order valence-electron chi connectivity index (χ0n) is 16.6. The van der Waals surface area contributed by atoms with Crippen molar-refractivity contribution in [2.45, 2.75) is 43.9 Å². The van der Waals surface area contributed by atoms with E-state index in [4.69, 9.17) is 9.47 Å². The van der Waals surface area contributed by atoms with Crippen LogP contribution in [-0.2, 0) is 16.6 Å². The van der Waals surface area contributed by atoms with Crippen LogP contribution in [-0.4, -0.2) is 26.7 Å². The Bertz CT molecular complexity index is 815. The number of methoxy groups -OCH3 is 2. The van der Waals surface area contributed by atoms with Gasteiger partial charge >= 0.3 is 0 Å². The Morgan fingerprint density at radius 1 is 1.07 bits per heavy atom. The van der Waals surface area contributed by atoms with Crippen molar-refractivity contribution in [2.24, 2.45) is 0 Å². The Labute approximate surface area is 166 Å². The summed E-state index contributed by atoms with van der Waals surface area (Å²) < 4.78 is 24.3. The van der Waals surface area contributed by atoms with E-state index in [1.165, 1.54) is 18.7 Å². The summed E-state index contributed by atoms with van der Waals surface area (Å²) in [5.41, 5.74) is 1.88. The molecule has 5 heteroatoms. The molecule has 0 saturated heterocycles. The van der Waals surface area contributed by atoms with Gasteiger partial charge in [0, 0.05) is 23.9 Å². The fraction of sp³-hybridized carbons (Fsp3) is 0.435. The van der Waals surface area contributed by atoms with Crippen molar-refractivity contribution in [1.82, 2.24) is 5.32 Å². The van der Waals surface area contributed by atoms with E-state index >= 15 is 0 Å².